The topological polar surface area (TPSA) is 29.9 Å². The molecule has 2 aromatic rings. The van der Waals surface area contributed by atoms with Crippen molar-refractivity contribution >= 4 is 0 Å². The van der Waals surface area contributed by atoms with E-state index in [9.17, 15) is 0 Å². The lowest BCUT2D eigenvalue weighted by Crippen LogP contribution is -2.29. The van der Waals surface area contributed by atoms with E-state index in [2.05, 4.69) is 58.4 Å². The van der Waals surface area contributed by atoms with Crippen molar-refractivity contribution in [2.45, 2.75) is 38.3 Å². The Labute approximate surface area is 114 Å². The minimum absolute atomic E-state index is 0.532. The summed E-state index contributed by atoms with van der Waals surface area (Å²) in [5.74, 6) is 0.586. The summed E-state index contributed by atoms with van der Waals surface area (Å²) in [6, 6.07) is 13.5. The molecule has 3 rings (SSSR count). The Morgan fingerprint density at radius 1 is 1.26 bits per heavy atom. The highest BCUT2D eigenvalue weighted by Gasteiger charge is 2.30. The molecule has 0 saturated carbocycles. The number of rotatable bonds is 4. The lowest BCUT2D eigenvalue weighted by atomic mass is 9.92. The summed E-state index contributed by atoms with van der Waals surface area (Å²) in [7, 11) is 0. The highest BCUT2D eigenvalue weighted by molar-refractivity contribution is 5.20. The van der Waals surface area contributed by atoms with Crippen molar-refractivity contribution in [1.29, 1.82) is 0 Å². The first-order valence-electron chi connectivity index (χ1n) is 7.17. The first kappa shape index (κ1) is 12.4. The normalized spacial score (nSPS) is 22.8. The zero-order chi connectivity index (χ0) is 13.1. The third kappa shape index (κ3) is 2.56. The fourth-order valence-electron chi connectivity index (χ4n) is 3.13. The molecule has 0 bridgehead atoms. The van der Waals surface area contributed by atoms with Crippen LogP contribution in [0.2, 0.25) is 0 Å². The fraction of sp³-hybridized carbons (Fsp3) is 0.438. The largest absolute Gasteiger partial charge is 0.313 e. The third-order valence-electron chi connectivity index (χ3n) is 4.07. The Morgan fingerprint density at radius 3 is 2.89 bits per heavy atom. The van der Waals surface area contributed by atoms with E-state index < -0.39 is 0 Å². The maximum absolute atomic E-state index is 4.41. The molecule has 0 amide bonds. The summed E-state index contributed by atoms with van der Waals surface area (Å²) in [6.45, 7) is 4.22. The molecule has 0 aliphatic carbocycles. The van der Waals surface area contributed by atoms with Gasteiger partial charge in [0.25, 0.3) is 0 Å². The van der Waals surface area contributed by atoms with E-state index in [1.165, 1.54) is 17.7 Å². The number of hydrogen-bond acceptors (Lipinski definition) is 2. The van der Waals surface area contributed by atoms with E-state index in [0.717, 1.165) is 19.5 Å². The molecule has 100 valence electrons. The van der Waals surface area contributed by atoms with Gasteiger partial charge in [0.1, 0.15) is 0 Å². The number of nitrogens with zero attached hydrogens (tertiary/aromatic N) is 2. The fourth-order valence-corrected chi connectivity index (χ4v) is 3.13. The van der Waals surface area contributed by atoms with Crippen molar-refractivity contribution in [3.05, 3.63) is 53.9 Å². The third-order valence-corrected chi connectivity index (χ3v) is 4.07. The molecule has 19 heavy (non-hydrogen) atoms. The van der Waals surface area contributed by atoms with Crippen LogP contribution < -0.4 is 5.32 Å². The molecule has 3 heteroatoms. The molecule has 2 atom stereocenters. The predicted octanol–water partition coefficient (Wildman–Crippen LogP) is 2.59. The summed E-state index contributed by atoms with van der Waals surface area (Å²) in [4.78, 5) is 0. The van der Waals surface area contributed by atoms with Crippen LogP contribution >= 0.6 is 0 Å². The minimum atomic E-state index is 0.532. The van der Waals surface area contributed by atoms with Crippen LogP contribution in [0.5, 0.6) is 0 Å². The van der Waals surface area contributed by atoms with Gasteiger partial charge in [0.05, 0.1) is 0 Å². The van der Waals surface area contributed by atoms with Crippen molar-refractivity contribution in [1.82, 2.24) is 15.1 Å². The van der Waals surface area contributed by atoms with Crippen LogP contribution in [0.25, 0.3) is 0 Å². The summed E-state index contributed by atoms with van der Waals surface area (Å²) in [6.07, 6.45) is 4.24. The Morgan fingerprint density at radius 2 is 2.11 bits per heavy atom. The van der Waals surface area contributed by atoms with Crippen molar-refractivity contribution in [3.63, 3.8) is 0 Å². The molecule has 1 saturated heterocycles. The monoisotopic (exact) mass is 255 g/mol. The van der Waals surface area contributed by atoms with Crippen molar-refractivity contribution in [2.24, 2.45) is 0 Å². The Bertz CT molecular complexity index is 518. The molecular formula is C16H21N3. The quantitative estimate of drug-likeness (QED) is 0.910. The van der Waals surface area contributed by atoms with Gasteiger partial charge in [-0.15, -0.1) is 0 Å². The smallest absolute Gasteiger partial charge is 0.0492 e. The van der Waals surface area contributed by atoms with Gasteiger partial charge in [0.2, 0.25) is 0 Å². The first-order valence-corrected chi connectivity index (χ1v) is 7.17. The number of aryl methyl sites for hydroxylation is 1. The lowest BCUT2D eigenvalue weighted by Gasteiger charge is -2.20. The molecule has 1 aromatic carbocycles. The molecule has 0 radical (unpaired) electrons. The maximum atomic E-state index is 4.41. The van der Waals surface area contributed by atoms with Crippen LogP contribution in [-0.4, -0.2) is 22.4 Å². The second kappa shape index (κ2) is 5.57. The van der Waals surface area contributed by atoms with Gasteiger partial charge in [0, 0.05) is 30.4 Å². The average molecular weight is 255 g/mol. The highest BCUT2D eigenvalue weighted by Crippen LogP contribution is 2.29. The Hall–Kier alpha value is -1.61. The molecule has 1 aromatic heterocycles. The van der Waals surface area contributed by atoms with Crippen molar-refractivity contribution < 1.29 is 0 Å². The van der Waals surface area contributed by atoms with Gasteiger partial charge in [-0.1, -0.05) is 30.3 Å². The first-order chi connectivity index (χ1) is 9.38. The van der Waals surface area contributed by atoms with E-state index in [4.69, 9.17) is 0 Å². The van der Waals surface area contributed by atoms with Gasteiger partial charge < -0.3 is 5.32 Å². The molecule has 1 fully saturated rings. The summed E-state index contributed by atoms with van der Waals surface area (Å²) >= 11 is 0. The molecule has 3 nitrogen and oxygen atoms in total. The van der Waals surface area contributed by atoms with Crippen LogP contribution in [0, 0.1) is 0 Å². The van der Waals surface area contributed by atoms with Crippen molar-refractivity contribution in [2.75, 3.05) is 6.54 Å². The summed E-state index contributed by atoms with van der Waals surface area (Å²) in [5, 5.41) is 8.06. The zero-order valence-corrected chi connectivity index (χ0v) is 11.4. The standard InChI is InChI=1S/C16H21N3/c1-2-19-16(9-11-18-19)14-8-10-17-15(14)12-13-6-4-3-5-7-13/h3-7,9,11,14-15,17H,2,8,10,12H2,1H3. The van der Waals surface area contributed by atoms with E-state index in [1.807, 2.05) is 6.20 Å². The molecule has 2 heterocycles. The van der Waals surface area contributed by atoms with Crippen LogP contribution in [0.15, 0.2) is 42.6 Å². The van der Waals surface area contributed by atoms with E-state index in [0.29, 0.717) is 12.0 Å². The number of hydrogen-bond donors (Lipinski definition) is 1. The summed E-state index contributed by atoms with van der Waals surface area (Å²) < 4.78 is 2.13. The molecule has 1 N–H and O–H groups in total. The zero-order valence-electron chi connectivity index (χ0n) is 11.4. The average Bonchev–Trinajstić information content (AvgIpc) is 3.07. The minimum Gasteiger partial charge on any atom is -0.313 e. The molecule has 1 aliphatic rings. The van der Waals surface area contributed by atoms with E-state index >= 15 is 0 Å². The Kier molecular flexibility index (Phi) is 3.65. The number of benzene rings is 1. The van der Waals surface area contributed by atoms with E-state index in [-0.39, 0.29) is 0 Å². The van der Waals surface area contributed by atoms with Gasteiger partial charge in [-0.2, -0.15) is 5.10 Å². The molecule has 0 spiro atoms. The van der Waals surface area contributed by atoms with Crippen LogP contribution in [0.3, 0.4) is 0 Å². The van der Waals surface area contributed by atoms with Gasteiger partial charge >= 0.3 is 0 Å². The van der Waals surface area contributed by atoms with Gasteiger partial charge in [-0.25, -0.2) is 0 Å². The SMILES string of the molecule is CCn1nccc1C1CCNC1Cc1ccccc1. The number of aromatic nitrogens is 2. The molecule has 1 aliphatic heterocycles. The molecule has 2 unspecified atom stereocenters. The number of nitrogens with one attached hydrogen (secondary N) is 1. The van der Waals surface area contributed by atoms with Crippen LogP contribution in [0.4, 0.5) is 0 Å². The summed E-state index contributed by atoms with van der Waals surface area (Å²) in [5.41, 5.74) is 2.79. The Balaban J connectivity index is 1.78. The van der Waals surface area contributed by atoms with Crippen LogP contribution in [0.1, 0.15) is 30.5 Å². The maximum Gasteiger partial charge on any atom is 0.0492 e. The van der Waals surface area contributed by atoms with Crippen molar-refractivity contribution in [3.8, 4) is 0 Å². The second-order valence-electron chi connectivity index (χ2n) is 5.22. The van der Waals surface area contributed by atoms with Gasteiger partial charge in [-0.3, -0.25) is 4.68 Å². The lowest BCUT2D eigenvalue weighted by molar-refractivity contribution is 0.498. The molecular weight excluding hydrogens is 234 g/mol. The highest BCUT2D eigenvalue weighted by atomic mass is 15.3. The second-order valence-corrected chi connectivity index (χ2v) is 5.22. The van der Waals surface area contributed by atoms with Crippen LogP contribution in [-0.2, 0) is 13.0 Å². The predicted molar refractivity (Wildman–Crippen MR) is 77.2 cm³/mol. The van der Waals surface area contributed by atoms with E-state index in [1.54, 1.807) is 0 Å². The van der Waals surface area contributed by atoms with Gasteiger partial charge in [-0.05, 0) is 37.9 Å². The van der Waals surface area contributed by atoms with Gasteiger partial charge in [0.15, 0.2) is 0 Å².